The van der Waals surface area contributed by atoms with Gasteiger partial charge in [0.25, 0.3) is 0 Å². The van der Waals surface area contributed by atoms with Crippen LogP contribution in [0.25, 0.3) is 0 Å². The van der Waals surface area contributed by atoms with Crippen molar-refractivity contribution in [1.29, 1.82) is 0 Å². The van der Waals surface area contributed by atoms with E-state index in [2.05, 4.69) is 6.92 Å². The molecule has 0 fully saturated rings. The Kier molecular flexibility index (Phi) is 25.6. The molecular weight excluding hydrogens is 411 g/mol. The van der Waals surface area contributed by atoms with Gasteiger partial charge in [-0.3, -0.25) is 0 Å². The van der Waals surface area contributed by atoms with E-state index in [1.165, 1.54) is 64.2 Å². The summed E-state index contributed by atoms with van der Waals surface area (Å²) in [6.07, 6.45) is 20.6. The van der Waals surface area contributed by atoms with Gasteiger partial charge in [0.15, 0.2) is 0 Å². The molecule has 0 saturated carbocycles. The average Bonchev–Trinajstić information content (AvgIpc) is 2.63. The summed E-state index contributed by atoms with van der Waals surface area (Å²) in [5.74, 6) is 0. The van der Waals surface area contributed by atoms with Gasteiger partial charge in [-0.1, -0.05) is 110 Å². The van der Waals surface area contributed by atoms with Gasteiger partial charge in [0.05, 0.1) is 16.2 Å². The Balaban J connectivity index is 0. The summed E-state index contributed by atoms with van der Waals surface area (Å²) in [7, 11) is -4.11. The molecular formula is C23H47KO4S. The number of rotatable bonds is 21. The normalized spacial score (nSPS) is 13.8. The minimum absolute atomic E-state index is 0. The number of aliphatic hydroxyl groups excluding tert-OH is 1. The van der Waals surface area contributed by atoms with E-state index in [1.807, 2.05) is 6.92 Å². The molecule has 2 atom stereocenters. The topological polar surface area (TPSA) is 77.4 Å². The fourth-order valence-electron chi connectivity index (χ4n) is 3.93. The van der Waals surface area contributed by atoms with Gasteiger partial charge in [-0.15, -0.1) is 0 Å². The summed E-state index contributed by atoms with van der Waals surface area (Å²) in [4.78, 5) is 0. The first kappa shape index (κ1) is 32.7. The van der Waals surface area contributed by atoms with Crippen LogP contribution >= 0.6 is 0 Å². The van der Waals surface area contributed by atoms with Crippen LogP contribution < -0.4 is 51.4 Å². The summed E-state index contributed by atoms with van der Waals surface area (Å²) < 4.78 is 33.5. The van der Waals surface area contributed by atoms with E-state index in [1.54, 1.807) is 0 Å². The largest absolute Gasteiger partial charge is 1.00 e. The van der Waals surface area contributed by atoms with Crippen molar-refractivity contribution in [2.24, 2.45) is 0 Å². The molecule has 4 nitrogen and oxygen atoms in total. The van der Waals surface area contributed by atoms with E-state index in [-0.39, 0.29) is 57.5 Å². The predicted molar refractivity (Wildman–Crippen MR) is 119 cm³/mol. The smallest absolute Gasteiger partial charge is 0.748 e. The second kappa shape index (κ2) is 22.7. The fourth-order valence-corrected chi connectivity index (χ4v) is 4.91. The predicted octanol–water partition coefficient (Wildman–Crippen LogP) is 3.72. The van der Waals surface area contributed by atoms with Crippen LogP contribution in [0.2, 0.25) is 0 Å². The van der Waals surface area contributed by atoms with Crippen LogP contribution in [0, 0.1) is 0 Å². The van der Waals surface area contributed by atoms with Gasteiger partial charge in [0.2, 0.25) is 0 Å². The Morgan fingerprint density at radius 1 is 0.621 bits per heavy atom. The Morgan fingerprint density at radius 3 is 1.31 bits per heavy atom. The van der Waals surface area contributed by atoms with E-state index in [0.29, 0.717) is 12.8 Å². The van der Waals surface area contributed by atoms with Crippen molar-refractivity contribution < 1.29 is 69.5 Å². The molecule has 1 N–H and O–H groups in total. The zero-order valence-corrected chi connectivity index (χ0v) is 23.6. The minimum atomic E-state index is -4.11. The van der Waals surface area contributed by atoms with Crippen LogP contribution in [0.3, 0.4) is 0 Å². The number of hydrogen-bond donors (Lipinski definition) is 1. The van der Waals surface area contributed by atoms with E-state index in [0.717, 1.165) is 44.9 Å². The standard InChI is InChI=1S/C23H48O4S.K/c1-3-18-22(24)20-16-14-12-10-8-6-5-7-9-11-13-15-17-21-23(19-4-2)28(25,26)27;/h22-24H,3-21H2,1-2H3,(H,25,26,27);/q;+1/p-1. The van der Waals surface area contributed by atoms with Crippen molar-refractivity contribution in [2.45, 2.75) is 147 Å². The van der Waals surface area contributed by atoms with Gasteiger partial charge < -0.3 is 9.66 Å². The second-order valence-corrected chi connectivity index (χ2v) is 10.2. The van der Waals surface area contributed by atoms with Crippen molar-refractivity contribution in [2.75, 3.05) is 0 Å². The molecule has 0 heterocycles. The van der Waals surface area contributed by atoms with Crippen molar-refractivity contribution in [3.05, 3.63) is 0 Å². The first-order chi connectivity index (χ1) is 13.4. The molecule has 2 unspecified atom stereocenters. The van der Waals surface area contributed by atoms with Crippen molar-refractivity contribution in [1.82, 2.24) is 0 Å². The van der Waals surface area contributed by atoms with E-state index < -0.39 is 15.4 Å². The summed E-state index contributed by atoms with van der Waals surface area (Å²) in [6.45, 7) is 4.05. The quantitative estimate of drug-likeness (QED) is 0.162. The first-order valence-corrected chi connectivity index (χ1v) is 13.5. The number of unbranched alkanes of at least 4 members (excludes halogenated alkanes) is 12. The van der Waals surface area contributed by atoms with Crippen molar-refractivity contribution >= 4 is 10.1 Å². The molecule has 0 spiro atoms. The molecule has 0 aromatic carbocycles. The molecule has 0 radical (unpaired) electrons. The van der Waals surface area contributed by atoms with Crippen LogP contribution in [0.5, 0.6) is 0 Å². The van der Waals surface area contributed by atoms with Crippen molar-refractivity contribution in [3.63, 3.8) is 0 Å². The molecule has 0 aliphatic heterocycles. The number of aliphatic hydroxyl groups is 1. The Morgan fingerprint density at radius 2 is 0.966 bits per heavy atom. The van der Waals surface area contributed by atoms with Gasteiger partial charge in [-0.05, 0) is 25.7 Å². The van der Waals surface area contributed by atoms with E-state index >= 15 is 0 Å². The van der Waals surface area contributed by atoms with Crippen LogP contribution in [0.1, 0.15) is 136 Å². The van der Waals surface area contributed by atoms with Crippen LogP contribution in [-0.4, -0.2) is 29.4 Å². The van der Waals surface area contributed by atoms with Crippen LogP contribution in [0.15, 0.2) is 0 Å². The second-order valence-electron chi connectivity index (χ2n) is 8.52. The van der Waals surface area contributed by atoms with Gasteiger partial charge >= 0.3 is 51.4 Å². The Labute approximate surface area is 224 Å². The first-order valence-electron chi connectivity index (χ1n) is 12.0. The van der Waals surface area contributed by atoms with Crippen LogP contribution in [-0.2, 0) is 10.1 Å². The molecule has 0 aliphatic rings. The third kappa shape index (κ3) is 22.5. The number of hydrogen-bond acceptors (Lipinski definition) is 4. The van der Waals surface area contributed by atoms with Gasteiger partial charge in [0, 0.05) is 5.25 Å². The maximum absolute atomic E-state index is 11.2. The molecule has 0 amide bonds. The fraction of sp³-hybridized carbons (Fsp3) is 1.00. The third-order valence-electron chi connectivity index (χ3n) is 5.70. The Bertz CT molecular complexity index is 429. The summed E-state index contributed by atoms with van der Waals surface area (Å²) in [5.41, 5.74) is 0. The zero-order valence-electron chi connectivity index (χ0n) is 19.7. The van der Waals surface area contributed by atoms with Crippen molar-refractivity contribution in [3.8, 4) is 0 Å². The molecule has 0 aromatic heterocycles. The molecule has 170 valence electrons. The summed E-state index contributed by atoms with van der Waals surface area (Å²) >= 11 is 0. The van der Waals surface area contributed by atoms with E-state index in [4.69, 9.17) is 0 Å². The molecule has 0 aliphatic carbocycles. The third-order valence-corrected chi connectivity index (χ3v) is 6.99. The van der Waals surface area contributed by atoms with Gasteiger partial charge in [-0.2, -0.15) is 0 Å². The molecule has 0 aromatic rings. The molecule has 0 saturated heterocycles. The molecule has 6 heteroatoms. The van der Waals surface area contributed by atoms with E-state index in [9.17, 15) is 18.1 Å². The van der Waals surface area contributed by atoms with Crippen LogP contribution in [0.4, 0.5) is 0 Å². The Hall–Kier alpha value is 1.51. The average molecular weight is 459 g/mol. The SMILES string of the molecule is CCCC(O)CCCCCCCCCCCCCCCC(CCC)S(=O)(=O)[O-].[K+]. The molecule has 0 bridgehead atoms. The zero-order chi connectivity index (χ0) is 21.1. The molecule has 0 rings (SSSR count). The monoisotopic (exact) mass is 458 g/mol. The summed E-state index contributed by atoms with van der Waals surface area (Å²) in [6, 6.07) is 0. The maximum atomic E-state index is 11.2. The van der Waals surface area contributed by atoms with Gasteiger partial charge in [-0.25, -0.2) is 8.42 Å². The maximum Gasteiger partial charge on any atom is 1.00 e. The minimum Gasteiger partial charge on any atom is -0.748 e. The van der Waals surface area contributed by atoms with Gasteiger partial charge in [0.1, 0.15) is 0 Å². The molecule has 29 heavy (non-hydrogen) atoms. The summed E-state index contributed by atoms with van der Waals surface area (Å²) in [5, 5.41) is 9.01.